The van der Waals surface area contributed by atoms with Gasteiger partial charge in [-0.05, 0) is 85.2 Å². The van der Waals surface area contributed by atoms with E-state index in [9.17, 15) is 14.7 Å². The second-order valence-corrected chi connectivity index (χ2v) is 11.0. The van der Waals surface area contributed by atoms with Crippen LogP contribution in [0.1, 0.15) is 58.5 Å². The van der Waals surface area contributed by atoms with Crippen molar-refractivity contribution in [3.63, 3.8) is 0 Å². The highest BCUT2D eigenvalue weighted by atomic mass is 16.4. The van der Waals surface area contributed by atoms with Gasteiger partial charge in [0.15, 0.2) is 0 Å². The molecule has 1 saturated heterocycles. The number of nitrogens with one attached hydrogen (secondary N) is 2. The van der Waals surface area contributed by atoms with E-state index in [1.807, 2.05) is 68.4 Å². The second-order valence-electron chi connectivity index (χ2n) is 11.0. The highest BCUT2D eigenvalue weighted by Gasteiger charge is 2.27. The predicted octanol–water partition coefficient (Wildman–Crippen LogP) is 4.68. The number of carboxylic acid groups (broad SMARTS) is 1. The Kier molecular flexibility index (Phi) is 8.97. The van der Waals surface area contributed by atoms with E-state index < -0.39 is 12.0 Å². The third-order valence-electron chi connectivity index (χ3n) is 8.22. The molecule has 218 valence electrons. The van der Waals surface area contributed by atoms with Gasteiger partial charge in [0.25, 0.3) is 5.91 Å². The van der Waals surface area contributed by atoms with Crippen molar-refractivity contribution in [3.8, 4) is 11.4 Å². The Labute approximate surface area is 246 Å². The van der Waals surface area contributed by atoms with Crippen LogP contribution in [0.5, 0.6) is 0 Å². The van der Waals surface area contributed by atoms with Crippen molar-refractivity contribution < 1.29 is 14.7 Å². The zero-order valence-electron chi connectivity index (χ0n) is 24.1. The average molecular weight is 567 g/mol. The molecule has 9 heteroatoms. The summed E-state index contributed by atoms with van der Waals surface area (Å²) in [5.74, 6) is -0.342. The summed E-state index contributed by atoms with van der Waals surface area (Å²) in [7, 11) is 0. The van der Waals surface area contributed by atoms with Crippen LogP contribution in [0.15, 0.2) is 73.2 Å². The van der Waals surface area contributed by atoms with Crippen LogP contribution >= 0.6 is 0 Å². The molecule has 0 bridgehead atoms. The maximum Gasteiger partial charge on any atom is 0.326 e. The Morgan fingerprint density at radius 3 is 2.48 bits per heavy atom. The lowest BCUT2D eigenvalue weighted by Gasteiger charge is -2.36. The minimum atomic E-state index is -1.07. The number of anilines is 1. The molecule has 1 aliphatic heterocycles. The molecule has 2 aromatic heterocycles. The number of hydrogen-bond donors (Lipinski definition) is 4. The number of nitrogens with zero attached hydrogens (tertiary/aromatic N) is 3. The first-order valence-corrected chi connectivity index (χ1v) is 14.5. The molecule has 0 spiro atoms. The molecule has 9 nitrogen and oxygen atoms in total. The molecule has 3 heterocycles. The van der Waals surface area contributed by atoms with Crippen molar-refractivity contribution in [3.05, 3.63) is 101 Å². The minimum absolute atomic E-state index is 0.0648. The van der Waals surface area contributed by atoms with Gasteiger partial charge in [0.2, 0.25) is 0 Å². The van der Waals surface area contributed by atoms with Gasteiger partial charge in [-0.15, -0.1) is 0 Å². The molecule has 2 aromatic carbocycles. The molecule has 2 unspecified atom stereocenters. The third kappa shape index (κ3) is 6.52. The van der Waals surface area contributed by atoms with Crippen LogP contribution in [-0.4, -0.2) is 51.1 Å². The normalized spacial score (nSPS) is 15.3. The summed E-state index contributed by atoms with van der Waals surface area (Å²) in [6, 6.07) is 16.5. The number of rotatable bonds is 10. The lowest BCUT2D eigenvalue weighted by Crippen LogP contribution is -2.42. The number of piperidine rings is 1. The number of aromatic nitrogens is 3. The van der Waals surface area contributed by atoms with Crippen LogP contribution in [0.25, 0.3) is 11.4 Å². The molecule has 5 N–H and O–H groups in total. The molecule has 0 radical (unpaired) electrons. The van der Waals surface area contributed by atoms with Gasteiger partial charge in [-0.1, -0.05) is 25.1 Å². The standard InChI is InChI=1S/C33H38N6O3/c1-3-23-20-25(31-36-14-15-37-31)18-21(2)29(23)32(40)38-28(33(41)42)19-22-7-9-26(10-8-22)39-16-11-24(12-17-39)30(34)27-6-4-5-13-35-27/h4-10,13-15,18,20,24,28,30H,3,11-12,16-17,19,34H2,1-2H3,(H,36,37)(H,38,40)(H,41,42). The Morgan fingerprint density at radius 2 is 1.86 bits per heavy atom. The number of H-pyrrole nitrogens is 1. The molecular weight excluding hydrogens is 528 g/mol. The van der Waals surface area contributed by atoms with Crippen LogP contribution in [0.2, 0.25) is 0 Å². The van der Waals surface area contributed by atoms with Gasteiger partial charge in [0.1, 0.15) is 11.9 Å². The third-order valence-corrected chi connectivity index (χ3v) is 8.22. The summed E-state index contributed by atoms with van der Waals surface area (Å²) in [4.78, 5) is 39.7. The average Bonchev–Trinajstić information content (AvgIpc) is 3.56. The van der Waals surface area contributed by atoms with Gasteiger partial charge >= 0.3 is 5.97 Å². The van der Waals surface area contributed by atoms with Crippen molar-refractivity contribution in [1.82, 2.24) is 20.3 Å². The number of hydrogen-bond acceptors (Lipinski definition) is 6. The highest BCUT2D eigenvalue weighted by Crippen LogP contribution is 2.30. The fraction of sp³-hybridized carbons (Fsp3) is 0.333. The number of pyridine rings is 1. The van der Waals surface area contributed by atoms with E-state index in [4.69, 9.17) is 5.73 Å². The highest BCUT2D eigenvalue weighted by molar-refractivity contribution is 5.99. The van der Waals surface area contributed by atoms with Crippen LogP contribution in [0.3, 0.4) is 0 Å². The smallest absolute Gasteiger partial charge is 0.326 e. The van der Waals surface area contributed by atoms with Crippen molar-refractivity contribution in [1.29, 1.82) is 0 Å². The van der Waals surface area contributed by atoms with E-state index in [0.717, 1.165) is 65.4 Å². The number of imidazole rings is 1. The van der Waals surface area contributed by atoms with Gasteiger partial charge in [-0.25, -0.2) is 9.78 Å². The fourth-order valence-electron chi connectivity index (χ4n) is 5.86. The van der Waals surface area contributed by atoms with Crippen LogP contribution < -0.4 is 16.0 Å². The van der Waals surface area contributed by atoms with E-state index >= 15 is 0 Å². The van der Waals surface area contributed by atoms with Gasteiger partial charge in [0.05, 0.1) is 5.69 Å². The zero-order valence-corrected chi connectivity index (χ0v) is 24.1. The Hall–Kier alpha value is -4.50. The Balaban J connectivity index is 1.21. The van der Waals surface area contributed by atoms with E-state index in [-0.39, 0.29) is 18.4 Å². The number of benzene rings is 2. The predicted molar refractivity (Wildman–Crippen MR) is 163 cm³/mol. The van der Waals surface area contributed by atoms with E-state index in [2.05, 4.69) is 25.2 Å². The number of aromatic amines is 1. The lowest BCUT2D eigenvalue weighted by atomic mass is 9.87. The number of aliphatic carboxylic acids is 1. The Morgan fingerprint density at radius 1 is 1.10 bits per heavy atom. The lowest BCUT2D eigenvalue weighted by molar-refractivity contribution is -0.139. The molecule has 1 aliphatic rings. The largest absolute Gasteiger partial charge is 0.480 e. The summed E-state index contributed by atoms with van der Waals surface area (Å²) < 4.78 is 0. The fourth-order valence-corrected chi connectivity index (χ4v) is 5.86. The van der Waals surface area contributed by atoms with Crippen molar-refractivity contribution in [2.24, 2.45) is 11.7 Å². The second kappa shape index (κ2) is 13.0. The summed E-state index contributed by atoms with van der Waals surface area (Å²) in [6.07, 6.45) is 8.00. The van der Waals surface area contributed by atoms with Gasteiger partial charge in [-0.2, -0.15) is 0 Å². The topological polar surface area (TPSA) is 137 Å². The van der Waals surface area contributed by atoms with E-state index in [0.29, 0.717) is 17.9 Å². The zero-order chi connectivity index (χ0) is 29.6. The number of carbonyl (C=O) groups is 2. The molecule has 5 rings (SSSR count). The molecule has 0 aliphatic carbocycles. The summed E-state index contributed by atoms with van der Waals surface area (Å²) >= 11 is 0. The maximum absolute atomic E-state index is 13.4. The summed E-state index contributed by atoms with van der Waals surface area (Å²) in [6.45, 7) is 5.64. The molecule has 0 saturated carbocycles. The van der Waals surface area contributed by atoms with Crippen molar-refractivity contribution in [2.75, 3.05) is 18.0 Å². The van der Waals surface area contributed by atoms with Gasteiger partial charge in [0, 0.05) is 61.0 Å². The SMILES string of the molecule is CCc1cc(-c2ncc[nH]2)cc(C)c1C(=O)NC(Cc1ccc(N2CCC(C(N)c3ccccn3)CC2)cc1)C(=O)O. The molecule has 1 fully saturated rings. The Bertz CT molecular complexity index is 1500. The first-order valence-electron chi connectivity index (χ1n) is 14.5. The molecule has 1 amide bonds. The first kappa shape index (κ1) is 29.0. The molecule has 42 heavy (non-hydrogen) atoms. The molecule has 2 atom stereocenters. The maximum atomic E-state index is 13.4. The van der Waals surface area contributed by atoms with Gasteiger partial charge in [-0.3, -0.25) is 9.78 Å². The quantitative estimate of drug-likeness (QED) is 0.219. The summed E-state index contributed by atoms with van der Waals surface area (Å²) in [5.41, 5.74) is 12.4. The monoisotopic (exact) mass is 566 g/mol. The summed E-state index contributed by atoms with van der Waals surface area (Å²) in [5, 5.41) is 12.7. The number of carboxylic acids is 1. The van der Waals surface area contributed by atoms with E-state index in [1.165, 1.54) is 0 Å². The van der Waals surface area contributed by atoms with Crippen LogP contribution in [-0.2, 0) is 17.6 Å². The number of amides is 1. The number of aryl methyl sites for hydroxylation is 2. The number of nitrogens with two attached hydrogens (primary N) is 1. The number of carbonyl (C=O) groups excluding carboxylic acids is 1. The van der Waals surface area contributed by atoms with Crippen molar-refractivity contribution in [2.45, 2.75) is 51.6 Å². The van der Waals surface area contributed by atoms with Crippen LogP contribution in [0.4, 0.5) is 5.69 Å². The first-order chi connectivity index (χ1) is 20.3. The van der Waals surface area contributed by atoms with Gasteiger partial charge < -0.3 is 26.0 Å². The van der Waals surface area contributed by atoms with Crippen LogP contribution in [0, 0.1) is 12.8 Å². The van der Waals surface area contributed by atoms with E-state index in [1.54, 1.807) is 18.6 Å². The minimum Gasteiger partial charge on any atom is -0.480 e. The van der Waals surface area contributed by atoms with Crippen molar-refractivity contribution >= 4 is 17.6 Å². The molecular formula is C33H38N6O3. The molecule has 4 aromatic rings.